The van der Waals surface area contributed by atoms with Crippen LogP contribution in [0.1, 0.15) is 23.0 Å². The van der Waals surface area contributed by atoms with Crippen LogP contribution in [0.15, 0.2) is 40.8 Å². The molecule has 0 spiro atoms. The second-order valence-electron chi connectivity index (χ2n) is 4.19. The van der Waals surface area contributed by atoms with Gasteiger partial charge in [0.2, 0.25) is 0 Å². The summed E-state index contributed by atoms with van der Waals surface area (Å²) in [5.41, 5.74) is 2.53. The molecular weight excluding hydrogens is 214 g/mol. The Kier molecular flexibility index (Phi) is 3.00. The van der Waals surface area contributed by atoms with Crippen molar-refractivity contribution in [1.82, 2.24) is 5.32 Å². The van der Waals surface area contributed by atoms with Gasteiger partial charge in [-0.2, -0.15) is 0 Å². The Morgan fingerprint density at radius 3 is 2.76 bits per heavy atom. The van der Waals surface area contributed by atoms with Crippen LogP contribution in [0.3, 0.4) is 0 Å². The number of rotatable bonds is 3. The Balaban J connectivity index is 2.32. The summed E-state index contributed by atoms with van der Waals surface area (Å²) >= 11 is 0. The Bertz CT molecular complexity index is 581. The minimum absolute atomic E-state index is 0.193. The first kappa shape index (κ1) is 11.5. The lowest BCUT2D eigenvalue weighted by Gasteiger charge is -2.02. The molecule has 1 aromatic carbocycles. The molecule has 0 fully saturated rings. The highest BCUT2D eigenvalue weighted by Crippen LogP contribution is 2.24. The van der Waals surface area contributed by atoms with E-state index in [1.807, 2.05) is 38.1 Å². The van der Waals surface area contributed by atoms with Crippen LogP contribution in [-0.2, 0) is 0 Å². The molecule has 0 saturated heterocycles. The number of furan rings is 1. The smallest absolute Gasteiger partial charge is 0.287 e. The quantitative estimate of drug-likeness (QED) is 0.822. The fourth-order valence-corrected chi connectivity index (χ4v) is 1.70. The van der Waals surface area contributed by atoms with Gasteiger partial charge in [0.05, 0.1) is 0 Å². The van der Waals surface area contributed by atoms with Crippen molar-refractivity contribution >= 4 is 16.9 Å². The van der Waals surface area contributed by atoms with E-state index in [4.69, 9.17) is 4.42 Å². The van der Waals surface area contributed by atoms with Gasteiger partial charge in [-0.25, -0.2) is 0 Å². The molecule has 0 radical (unpaired) electrons. The van der Waals surface area contributed by atoms with E-state index in [-0.39, 0.29) is 5.91 Å². The molecule has 0 unspecified atom stereocenters. The zero-order valence-electron chi connectivity index (χ0n) is 10.0. The van der Waals surface area contributed by atoms with E-state index in [9.17, 15) is 4.79 Å². The van der Waals surface area contributed by atoms with Crippen molar-refractivity contribution in [2.24, 2.45) is 0 Å². The summed E-state index contributed by atoms with van der Waals surface area (Å²) in [5.74, 6) is 0.189. The van der Waals surface area contributed by atoms with Gasteiger partial charge in [0.25, 0.3) is 5.91 Å². The van der Waals surface area contributed by atoms with Crippen LogP contribution in [0.5, 0.6) is 0 Å². The van der Waals surface area contributed by atoms with E-state index >= 15 is 0 Å². The number of para-hydroxylation sites is 1. The maximum atomic E-state index is 11.9. The Morgan fingerprint density at radius 2 is 2.12 bits per heavy atom. The third kappa shape index (κ3) is 2.23. The van der Waals surface area contributed by atoms with Crippen molar-refractivity contribution in [3.05, 3.63) is 47.7 Å². The van der Waals surface area contributed by atoms with Gasteiger partial charge in [-0.05, 0) is 19.9 Å². The molecule has 17 heavy (non-hydrogen) atoms. The first-order chi connectivity index (χ1) is 8.09. The number of hydrogen-bond acceptors (Lipinski definition) is 2. The molecule has 2 rings (SSSR count). The maximum Gasteiger partial charge on any atom is 0.287 e. The molecule has 1 N–H and O–H groups in total. The molecule has 1 amide bonds. The second-order valence-corrected chi connectivity index (χ2v) is 4.19. The van der Waals surface area contributed by atoms with E-state index in [2.05, 4.69) is 11.9 Å². The standard InChI is InChI=1S/C14H15NO2/c1-9(2)8-15-14(16)13-10(3)11-6-4-5-7-12(11)17-13/h4-7H,1,8H2,2-3H3,(H,15,16). The van der Waals surface area contributed by atoms with Crippen molar-refractivity contribution in [3.63, 3.8) is 0 Å². The third-order valence-corrected chi connectivity index (χ3v) is 2.60. The summed E-state index contributed by atoms with van der Waals surface area (Å²) < 4.78 is 5.55. The van der Waals surface area contributed by atoms with Gasteiger partial charge in [-0.15, -0.1) is 0 Å². The van der Waals surface area contributed by atoms with E-state index in [1.165, 1.54) is 0 Å². The maximum absolute atomic E-state index is 11.9. The molecule has 0 aliphatic carbocycles. The Labute approximate surface area is 100 Å². The average molecular weight is 229 g/mol. The molecule has 0 aliphatic rings. The number of fused-ring (bicyclic) bond motifs is 1. The van der Waals surface area contributed by atoms with Gasteiger partial charge in [0.15, 0.2) is 5.76 Å². The van der Waals surface area contributed by atoms with Crippen LogP contribution in [0.2, 0.25) is 0 Å². The number of hydrogen-bond donors (Lipinski definition) is 1. The fraction of sp³-hybridized carbons (Fsp3) is 0.214. The SMILES string of the molecule is C=C(C)CNC(=O)c1oc2ccccc2c1C. The first-order valence-corrected chi connectivity index (χ1v) is 5.50. The van der Waals surface area contributed by atoms with Gasteiger partial charge in [-0.3, -0.25) is 4.79 Å². The fourth-order valence-electron chi connectivity index (χ4n) is 1.70. The number of carbonyl (C=O) groups excluding carboxylic acids is 1. The van der Waals surface area contributed by atoms with Crippen LogP contribution in [0.4, 0.5) is 0 Å². The first-order valence-electron chi connectivity index (χ1n) is 5.50. The van der Waals surface area contributed by atoms with Gasteiger partial charge >= 0.3 is 0 Å². The van der Waals surface area contributed by atoms with E-state index in [1.54, 1.807) is 0 Å². The number of amides is 1. The normalized spacial score (nSPS) is 10.5. The summed E-state index contributed by atoms with van der Waals surface area (Å²) in [6, 6.07) is 7.63. The second kappa shape index (κ2) is 4.45. The topological polar surface area (TPSA) is 42.2 Å². The molecule has 3 nitrogen and oxygen atoms in total. The summed E-state index contributed by atoms with van der Waals surface area (Å²) in [6.07, 6.45) is 0. The molecule has 3 heteroatoms. The van der Waals surface area contributed by atoms with Crippen molar-refractivity contribution in [2.75, 3.05) is 6.54 Å². The van der Waals surface area contributed by atoms with Crippen LogP contribution >= 0.6 is 0 Å². The highest BCUT2D eigenvalue weighted by molar-refractivity contribution is 5.98. The average Bonchev–Trinajstić information content (AvgIpc) is 2.64. The van der Waals surface area contributed by atoms with Crippen molar-refractivity contribution in [1.29, 1.82) is 0 Å². The largest absolute Gasteiger partial charge is 0.451 e. The predicted molar refractivity (Wildman–Crippen MR) is 68.1 cm³/mol. The zero-order valence-corrected chi connectivity index (χ0v) is 10.0. The zero-order chi connectivity index (χ0) is 12.4. The number of benzene rings is 1. The molecule has 0 bridgehead atoms. The summed E-state index contributed by atoms with van der Waals surface area (Å²) in [5, 5.41) is 3.75. The van der Waals surface area contributed by atoms with Crippen molar-refractivity contribution in [2.45, 2.75) is 13.8 Å². The van der Waals surface area contributed by atoms with Crippen LogP contribution < -0.4 is 5.32 Å². The summed E-state index contributed by atoms with van der Waals surface area (Å²) in [6.45, 7) is 7.97. The van der Waals surface area contributed by atoms with Gasteiger partial charge in [-0.1, -0.05) is 30.4 Å². The molecule has 0 atom stereocenters. The highest BCUT2D eigenvalue weighted by atomic mass is 16.3. The predicted octanol–water partition coefficient (Wildman–Crippen LogP) is 3.05. The molecule has 0 saturated carbocycles. The van der Waals surface area contributed by atoms with E-state index in [0.29, 0.717) is 12.3 Å². The molecular formula is C14H15NO2. The van der Waals surface area contributed by atoms with Gasteiger partial charge < -0.3 is 9.73 Å². The number of nitrogens with one attached hydrogen (secondary N) is 1. The number of aryl methyl sites for hydroxylation is 1. The number of carbonyl (C=O) groups is 1. The Hall–Kier alpha value is -2.03. The van der Waals surface area contributed by atoms with Crippen molar-refractivity contribution < 1.29 is 9.21 Å². The molecule has 1 aromatic heterocycles. The monoisotopic (exact) mass is 229 g/mol. The van der Waals surface area contributed by atoms with Gasteiger partial charge in [0, 0.05) is 17.5 Å². The minimum atomic E-state index is -0.193. The summed E-state index contributed by atoms with van der Waals surface area (Å²) in [7, 11) is 0. The van der Waals surface area contributed by atoms with Crippen LogP contribution in [0.25, 0.3) is 11.0 Å². The third-order valence-electron chi connectivity index (χ3n) is 2.60. The Morgan fingerprint density at radius 1 is 1.41 bits per heavy atom. The van der Waals surface area contributed by atoms with E-state index < -0.39 is 0 Å². The highest BCUT2D eigenvalue weighted by Gasteiger charge is 2.16. The molecule has 2 aromatic rings. The van der Waals surface area contributed by atoms with Crippen LogP contribution in [-0.4, -0.2) is 12.5 Å². The lowest BCUT2D eigenvalue weighted by Crippen LogP contribution is -2.24. The van der Waals surface area contributed by atoms with Crippen molar-refractivity contribution in [3.8, 4) is 0 Å². The van der Waals surface area contributed by atoms with E-state index in [0.717, 1.165) is 22.1 Å². The molecule has 88 valence electrons. The molecule has 0 aliphatic heterocycles. The van der Waals surface area contributed by atoms with Gasteiger partial charge in [0.1, 0.15) is 5.58 Å². The van der Waals surface area contributed by atoms with Crippen LogP contribution in [0, 0.1) is 6.92 Å². The lowest BCUT2D eigenvalue weighted by molar-refractivity contribution is 0.0930. The summed E-state index contributed by atoms with van der Waals surface area (Å²) in [4.78, 5) is 11.9. The molecule has 1 heterocycles. The minimum Gasteiger partial charge on any atom is -0.451 e. The lowest BCUT2D eigenvalue weighted by atomic mass is 10.1.